The van der Waals surface area contributed by atoms with Crippen LogP contribution >= 0.6 is 0 Å². The highest BCUT2D eigenvalue weighted by Gasteiger charge is 2.15. The summed E-state index contributed by atoms with van der Waals surface area (Å²) in [6.45, 7) is 0.982. The average molecular weight is 344 g/mol. The van der Waals surface area contributed by atoms with E-state index >= 15 is 0 Å². The molecule has 0 spiro atoms. The molecule has 3 rings (SSSR count). The zero-order chi connectivity index (χ0) is 18.0. The van der Waals surface area contributed by atoms with Gasteiger partial charge >= 0.3 is 0 Å². The van der Waals surface area contributed by atoms with Crippen LogP contribution in [0.1, 0.15) is 22.7 Å². The number of rotatable bonds is 8. The summed E-state index contributed by atoms with van der Waals surface area (Å²) in [6.07, 6.45) is 0.773. The summed E-state index contributed by atoms with van der Waals surface area (Å²) in [7, 11) is 0. The fourth-order valence-electron chi connectivity index (χ4n) is 2.95. The van der Waals surface area contributed by atoms with E-state index in [9.17, 15) is 4.79 Å². The second-order valence-electron chi connectivity index (χ2n) is 6.31. The summed E-state index contributed by atoms with van der Waals surface area (Å²) in [5, 5.41) is 6.38. The zero-order valence-corrected chi connectivity index (χ0v) is 14.8. The van der Waals surface area contributed by atoms with Crippen molar-refractivity contribution in [2.45, 2.75) is 19.0 Å². The topological polar surface area (TPSA) is 41.1 Å². The van der Waals surface area contributed by atoms with Gasteiger partial charge in [-0.15, -0.1) is 0 Å². The monoisotopic (exact) mass is 344 g/mol. The van der Waals surface area contributed by atoms with Gasteiger partial charge in [0.2, 0.25) is 5.91 Å². The average Bonchev–Trinajstić information content (AvgIpc) is 2.70. The summed E-state index contributed by atoms with van der Waals surface area (Å²) in [5.74, 6) is 0.00529. The molecule has 0 aromatic heterocycles. The highest BCUT2D eigenvalue weighted by atomic mass is 16.1. The Morgan fingerprint density at radius 3 is 1.88 bits per heavy atom. The molecule has 3 heteroatoms. The molecule has 132 valence electrons. The highest BCUT2D eigenvalue weighted by Crippen LogP contribution is 2.18. The first-order valence-corrected chi connectivity index (χ1v) is 8.94. The normalized spacial score (nSPS) is 11.7. The number of hydrogen-bond donors (Lipinski definition) is 2. The molecule has 0 fully saturated rings. The Kier molecular flexibility index (Phi) is 6.57. The lowest BCUT2D eigenvalue weighted by Gasteiger charge is -2.20. The molecule has 0 bridgehead atoms. The van der Waals surface area contributed by atoms with Gasteiger partial charge in [-0.1, -0.05) is 91.0 Å². The van der Waals surface area contributed by atoms with Gasteiger partial charge in [-0.25, -0.2) is 0 Å². The van der Waals surface area contributed by atoms with Crippen molar-refractivity contribution < 1.29 is 4.79 Å². The van der Waals surface area contributed by atoms with Crippen molar-refractivity contribution in [3.63, 3.8) is 0 Å². The number of carbonyl (C=O) groups excluding carboxylic acids is 1. The Balaban J connectivity index is 1.59. The second-order valence-corrected chi connectivity index (χ2v) is 6.31. The van der Waals surface area contributed by atoms with Gasteiger partial charge in [-0.2, -0.15) is 0 Å². The van der Waals surface area contributed by atoms with Crippen LogP contribution in [0.4, 0.5) is 0 Å². The Morgan fingerprint density at radius 2 is 1.27 bits per heavy atom. The third-order valence-electron chi connectivity index (χ3n) is 4.28. The summed E-state index contributed by atoms with van der Waals surface area (Å²) >= 11 is 0. The van der Waals surface area contributed by atoms with Crippen molar-refractivity contribution in [3.05, 3.63) is 108 Å². The van der Waals surface area contributed by atoms with Gasteiger partial charge < -0.3 is 10.6 Å². The number of hydrogen-bond acceptors (Lipinski definition) is 2. The molecule has 3 aromatic rings. The molecule has 26 heavy (non-hydrogen) atoms. The summed E-state index contributed by atoms with van der Waals surface area (Å²) in [5.41, 5.74) is 3.50. The van der Waals surface area contributed by atoms with E-state index in [1.165, 1.54) is 11.1 Å². The SMILES string of the molecule is O=C(CNCc1ccccc1)N[C@H](Cc1ccccc1)c1ccccc1. The largest absolute Gasteiger partial charge is 0.348 e. The van der Waals surface area contributed by atoms with E-state index < -0.39 is 0 Å². The molecule has 0 saturated heterocycles. The van der Waals surface area contributed by atoms with Crippen LogP contribution < -0.4 is 10.6 Å². The van der Waals surface area contributed by atoms with Crippen LogP contribution in [0.15, 0.2) is 91.0 Å². The van der Waals surface area contributed by atoms with Gasteiger partial charge in [-0.3, -0.25) is 4.79 Å². The van der Waals surface area contributed by atoms with Crippen molar-refractivity contribution in [1.82, 2.24) is 10.6 Å². The smallest absolute Gasteiger partial charge is 0.234 e. The van der Waals surface area contributed by atoms with E-state index in [4.69, 9.17) is 0 Å². The molecule has 1 amide bonds. The Labute approximate surface area is 155 Å². The zero-order valence-electron chi connectivity index (χ0n) is 14.8. The molecular weight excluding hydrogens is 320 g/mol. The Hall–Kier alpha value is -2.91. The number of carbonyl (C=O) groups is 1. The maximum Gasteiger partial charge on any atom is 0.234 e. The predicted octanol–water partition coefficient (Wildman–Crippen LogP) is 3.88. The van der Waals surface area contributed by atoms with Crippen molar-refractivity contribution >= 4 is 5.91 Å². The molecular formula is C23H24N2O. The summed E-state index contributed by atoms with van der Waals surface area (Å²) < 4.78 is 0. The first kappa shape index (κ1) is 17.9. The van der Waals surface area contributed by atoms with E-state index in [-0.39, 0.29) is 11.9 Å². The molecule has 1 atom stereocenters. The van der Waals surface area contributed by atoms with Crippen LogP contribution in [-0.2, 0) is 17.8 Å². The van der Waals surface area contributed by atoms with Crippen LogP contribution in [0.2, 0.25) is 0 Å². The molecule has 0 aliphatic rings. The van der Waals surface area contributed by atoms with E-state index in [1.807, 2.05) is 66.7 Å². The van der Waals surface area contributed by atoms with Crippen LogP contribution in [0, 0.1) is 0 Å². The molecule has 3 nitrogen and oxygen atoms in total. The molecule has 0 aliphatic heterocycles. The number of benzene rings is 3. The molecule has 0 saturated carbocycles. The lowest BCUT2D eigenvalue weighted by Crippen LogP contribution is -2.37. The van der Waals surface area contributed by atoms with Crippen LogP contribution in [-0.4, -0.2) is 12.5 Å². The quantitative estimate of drug-likeness (QED) is 0.651. The molecule has 0 aliphatic carbocycles. The van der Waals surface area contributed by atoms with Crippen LogP contribution in [0.5, 0.6) is 0 Å². The standard InChI is InChI=1S/C23H24N2O/c26-23(18-24-17-20-12-6-2-7-13-20)25-22(21-14-8-3-9-15-21)16-19-10-4-1-5-11-19/h1-15,22,24H,16-18H2,(H,25,26)/t22-/m1/s1. The van der Waals surface area contributed by atoms with Gasteiger partial charge in [0.05, 0.1) is 12.6 Å². The number of amides is 1. The fraction of sp³-hybridized carbons (Fsp3) is 0.174. The predicted molar refractivity (Wildman–Crippen MR) is 106 cm³/mol. The maximum atomic E-state index is 12.4. The lowest BCUT2D eigenvalue weighted by atomic mass is 9.99. The van der Waals surface area contributed by atoms with E-state index in [0.717, 1.165) is 12.0 Å². The first-order chi connectivity index (χ1) is 12.8. The van der Waals surface area contributed by atoms with E-state index in [0.29, 0.717) is 13.1 Å². The van der Waals surface area contributed by atoms with Gasteiger partial charge in [0, 0.05) is 6.54 Å². The van der Waals surface area contributed by atoms with Gasteiger partial charge in [0.25, 0.3) is 0 Å². The molecule has 2 N–H and O–H groups in total. The second kappa shape index (κ2) is 9.54. The summed E-state index contributed by atoms with van der Waals surface area (Å²) in [4.78, 5) is 12.4. The lowest BCUT2D eigenvalue weighted by molar-refractivity contribution is -0.121. The van der Waals surface area contributed by atoms with Crippen molar-refractivity contribution in [3.8, 4) is 0 Å². The molecule has 0 heterocycles. The van der Waals surface area contributed by atoms with Crippen LogP contribution in [0.25, 0.3) is 0 Å². The van der Waals surface area contributed by atoms with Crippen LogP contribution in [0.3, 0.4) is 0 Å². The molecule has 3 aromatic carbocycles. The van der Waals surface area contributed by atoms with E-state index in [2.05, 4.69) is 34.9 Å². The minimum absolute atomic E-state index is 0.00529. The third kappa shape index (κ3) is 5.57. The van der Waals surface area contributed by atoms with Crippen molar-refractivity contribution in [2.24, 2.45) is 0 Å². The van der Waals surface area contributed by atoms with Crippen molar-refractivity contribution in [1.29, 1.82) is 0 Å². The van der Waals surface area contributed by atoms with Gasteiger partial charge in [0.1, 0.15) is 0 Å². The van der Waals surface area contributed by atoms with E-state index in [1.54, 1.807) is 0 Å². The first-order valence-electron chi connectivity index (χ1n) is 8.94. The summed E-state index contributed by atoms with van der Waals surface area (Å²) in [6, 6.07) is 30.4. The molecule has 0 radical (unpaired) electrons. The van der Waals surface area contributed by atoms with Gasteiger partial charge in [-0.05, 0) is 23.1 Å². The highest BCUT2D eigenvalue weighted by molar-refractivity contribution is 5.78. The minimum Gasteiger partial charge on any atom is -0.348 e. The minimum atomic E-state index is -0.0374. The fourth-order valence-corrected chi connectivity index (χ4v) is 2.95. The molecule has 0 unspecified atom stereocenters. The third-order valence-corrected chi connectivity index (χ3v) is 4.28. The van der Waals surface area contributed by atoms with Crippen molar-refractivity contribution in [2.75, 3.05) is 6.54 Å². The maximum absolute atomic E-state index is 12.4. The number of nitrogens with one attached hydrogen (secondary N) is 2. The Bertz CT molecular complexity index is 788. The van der Waals surface area contributed by atoms with Gasteiger partial charge in [0.15, 0.2) is 0 Å². The Morgan fingerprint density at radius 1 is 0.731 bits per heavy atom.